The van der Waals surface area contributed by atoms with Crippen molar-refractivity contribution in [2.24, 2.45) is 5.92 Å². The van der Waals surface area contributed by atoms with Crippen LogP contribution in [-0.4, -0.2) is 16.7 Å². The first-order chi connectivity index (χ1) is 8.67. The maximum atomic E-state index is 13.1. The largest absolute Gasteiger partial charge is 0.396 e. The highest BCUT2D eigenvalue weighted by molar-refractivity contribution is 7.09. The molecule has 4 heteroatoms. The Labute approximate surface area is 110 Å². The van der Waals surface area contributed by atoms with E-state index in [9.17, 15) is 9.50 Å². The molecular formula is C14H16FNOS. The molecule has 2 aromatic rings. The predicted molar refractivity (Wildman–Crippen MR) is 71.2 cm³/mol. The Hall–Kier alpha value is -1.26. The van der Waals surface area contributed by atoms with Crippen molar-refractivity contribution in [2.45, 2.75) is 19.8 Å². The Kier molecular flexibility index (Phi) is 4.44. The second-order valence-corrected chi connectivity index (χ2v) is 5.41. The molecule has 2 rings (SSSR count). The Morgan fingerprint density at radius 2 is 2.22 bits per heavy atom. The molecule has 1 atom stereocenters. The molecule has 0 spiro atoms. The lowest BCUT2D eigenvalue weighted by atomic mass is 9.97. The number of aliphatic hydroxyl groups excluding tert-OH is 1. The van der Waals surface area contributed by atoms with E-state index in [1.54, 1.807) is 17.4 Å². The van der Waals surface area contributed by atoms with Crippen LogP contribution < -0.4 is 0 Å². The van der Waals surface area contributed by atoms with Crippen molar-refractivity contribution >= 4 is 11.3 Å². The number of hydrogen-bond acceptors (Lipinski definition) is 3. The van der Waals surface area contributed by atoms with Gasteiger partial charge in [0.25, 0.3) is 0 Å². The first-order valence-electron chi connectivity index (χ1n) is 5.93. The molecule has 18 heavy (non-hydrogen) atoms. The Balaban J connectivity index is 2.01. The molecule has 0 amide bonds. The van der Waals surface area contributed by atoms with Crippen LogP contribution in [-0.2, 0) is 12.8 Å². The normalized spacial score (nSPS) is 12.6. The number of aryl methyl sites for hydroxylation is 1. The molecule has 0 bridgehead atoms. The van der Waals surface area contributed by atoms with Gasteiger partial charge in [-0.1, -0.05) is 12.1 Å². The standard InChI is InChI=1S/C14H16FNOS/c1-10-9-18-14(16-10)7-12(8-17)5-11-3-2-4-13(15)6-11/h2-4,6,9,12,17H,5,7-8H2,1H3. The van der Waals surface area contributed by atoms with Gasteiger partial charge in [-0.3, -0.25) is 0 Å². The van der Waals surface area contributed by atoms with E-state index in [0.717, 1.165) is 22.7 Å². The maximum Gasteiger partial charge on any atom is 0.123 e. The summed E-state index contributed by atoms with van der Waals surface area (Å²) in [5.41, 5.74) is 1.93. The zero-order valence-electron chi connectivity index (χ0n) is 10.3. The molecule has 1 unspecified atom stereocenters. The first kappa shape index (κ1) is 13.2. The van der Waals surface area contributed by atoms with Crippen molar-refractivity contribution in [3.63, 3.8) is 0 Å². The van der Waals surface area contributed by atoms with Gasteiger partial charge >= 0.3 is 0 Å². The highest BCUT2D eigenvalue weighted by Gasteiger charge is 2.12. The van der Waals surface area contributed by atoms with Crippen LogP contribution in [0.2, 0.25) is 0 Å². The molecule has 0 radical (unpaired) electrons. The Bertz CT molecular complexity index is 512. The number of aromatic nitrogens is 1. The lowest BCUT2D eigenvalue weighted by Crippen LogP contribution is -2.13. The van der Waals surface area contributed by atoms with Crippen LogP contribution in [0.15, 0.2) is 29.6 Å². The van der Waals surface area contributed by atoms with Gasteiger partial charge in [0.05, 0.1) is 5.01 Å². The van der Waals surface area contributed by atoms with Crippen molar-refractivity contribution in [3.05, 3.63) is 51.7 Å². The number of halogens is 1. The van der Waals surface area contributed by atoms with Crippen LogP contribution in [0, 0.1) is 18.7 Å². The number of benzene rings is 1. The van der Waals surface area contributed by atoms with Crippen LogP contribution in [0.4, 0.5) is 4.39 Å². The maximum absolute atomic E-state index is 13.1. The zero-order valence-corrected chi connectivity index (χ0v) is 11.1. The number of rotatable bonds is 5. The summed E-state index contributed by atoms with van der Waals surface area (Å²) in [7, 11) is 0. The molecule has 2 nitrogen and oxygen atoms in total. The predicted octanol–water partition coefficient (Wildman–Crippen LogP) is 2.98. The number of nitrogens with zero attached hydrogens (tertiary/aromatic N) is 1. The van der Waals surface area contributed by atoms with E-state index < -0.39 is 0 Å². The van der Waals surface area contributed by atoms with Crippen molar-refractivity contribution in [2.75, 3.05) is 6.61 Å². The van der Waals surface area contributed by atoms with E-state index in [1.165, 1.54) is 12.1 Å². The summed E-state index contributed by atoms with van der Waals surface area (Å²) < 4.78 is 13.1. The molecule has 0 aliphatic rings. The molecule has 0 aliphatic carbocycles. The summed E-state index contributed by atoms with van der Waals surface area (Å²) >= 11 is 1.61. The fraction of sp³-hybridized carbons (Fsp3) is 0.357. The van der Waals surface area contributed by atoms with Crippen LogP contribution >= 0.6 is 11.3 Å². The smallest absolute Gasteiger partial charge is 0.123 e. The fourth-order valence-corrected chi connectivity index (χ4v) is 2.83. The van der Waals surface area contributed by atoms with Gasteiger partial charge in [0.1, 0.15) is 5.82 Å². The first-order valence-corrected chi connectivity index (χ1v) is 6.81. The van der Waals surface area contributed by atoms with Crippen LogP contribution in [0.25, 0.3) is 0 Å². The van der Waals surface area contributed by atoms with Gasteiger partial charge in [-0.25, -0.2) is 9.37 Å². The quantitative estimate of drug-likeness (QED) is 0.901. The highest BCUT2D eigenvalue weighted by atomic mass is 32.1. The van der Waals surface area contributed by atoms with Gasteiger partial charge in [0.2, 0.25) is 0 Å². The third kappa shape index (κ3) is 3.62. The van der Waals surface area contributed by atoms with Crippen molar-refractivity contribution < 1.29 is 9.50 Å². The van der Waals surface area contributed by atoms with E-state index in [-0.39, 0.29) is 18.3 Å². The second-order valence-electron chi connectivity index (χ2n) is 4.47. The van der Waals surface area contributed by atoms with Crippen LogP contribution in [0.1, 0.15) is 16.3 Å². The minimum atomic E-state index is -0.228. The lowest BCUT2D eigenvalue weighted by Gasteiger charge is -2.12. The van der Waals surface area contributed by atoms with E-state index in [2.05, 4.69) is 4.98 Å². The molecule has 1 N–H and O–H groups in total. The van der Waals surface area contributed by atoms with E-state index in [4.69, 9.17) is 0 Å². The zero-order chi connectivity index (χ0) is 13.0. The minimum absolute atomic E-state index is 0.0924. The van der Waals surface area contributed by atoms with Gasteiger partial charge in [-0.15, -0.1) is 11.3 Å². The molecule has 0 fully saturated rings. The third-order valence-electron chi connectivity index (χ3n) is 2.80. The van der Waals surface area contributed by atoms with E-state index in [1.807, 2.05) is 18.4 Å². The molecule has 1 aromatic heterocycles. The average Bonchev–Trinajstić information content (AvgIpc) is 2.74. The second kappa shape index (κ2) is 6.07. The van der Waals surface area contributed by atoms with E-state index >= 15 is 0 Å². The molecule has 0 aliphatic heterocycles. The van der Waals surface area contributed by atoms with Crippen molar-refractivity contribution in [1.82, 2.24) is 4.98 Å². The lowest BCUT2D eigenvalue weighted by molar-refractivity contribution is 0.225. The van der Waals surface area contributed by atoms with Gasteiger partial charge in [0, 0.05) is 24.1 Å². The van der Waals surface area contributed by atoms with Gasteiger partial charge < -0.3 is 5.11 Å². The molecule has 0 saturated heterocycles. The molecule has 1 heterocycles. The van der Waals surface area contributed by atoms with Gasteiger partial charge in [-0.2, -0.15) is 0 Å². The Morgan fingerprint density at radius 3 is 2.83 bits per heavy atom. The van der Waals surface area contributed by atoms with Crippen LogP contribution in [0.5, 0.6) is 0 Å². The third-order valence-corrected chi connectivity index (χ3v) is 3.79. The monoisotopic (exact) mass is 265 g/mol. The average molecular weight is 265 g/mol. The van der Waals surface area contributed by atoms with Gasteiger partial charge in [-0.05, 0) is 37.0 Å². The van der Waals surface area contributed by atoms with Crippen molar-refractivity contribution in [1.29, 1.82) is 0 Å². The number of hydrogen-bond donors (Lipinski definition) is 1. The molecular weight excluding hydrogens is 249 g/mol. The minimum Gasteiger partial charge on any atom is -0.396 e. The summed E-state index contributed by atoms with van der Waals surface area (Å²) in [4.78, 5) is 4.39. The summed E-state index contributed by atoms with van der Waals surface area (Å²) in [5, 5.41) is 12.4. The Morgan fingerprint density at radius 1 is 1.39 bits per heavy atom. The molecule has 96 valence electrons. The summed E-state index contributed by atoms with van der Waals surface area (Å²) in [6, 6.07) is 6.54. The fourth-order valence-electron chi connectivity index (χ4n) is 1.94. The molecule has 0 saturated carbocycles. The number of aliphatic hydroxyl groups is 1. The number of thiazole rings is 1. The summed E-state index contributed by atoms with van der Waals surface area (Å²) in [6.07, 6.45) is 1.42. The summed E-state index contributed by atoms with van der Waals surface area (Å²) in [5.74, 6) is -0.133. The van der Waals surface area contributed by atoms with Crippen molar-refractivity contribution in [3.8, 4) is 0 Å². The molecule has 1 aromatic carbocycles. The SMILES string of the molecule is Cc1csc(CC(CO)Cc2cccc(F)c2)n1. The highest BCUT2D eigenvalue weighted by Crippen LogP contribution is 2.18. The summed E-state index contributed by atoms with van der Waals surface area (Å²) in [6.45, 7) is 2.05. The van der Waals surface area contributed by atoms with E-state index in [0.29, 0.717) is 6.42 Å². The van der Waals surface area contributed by atoms with Crippen LogP contribution in [0.3, 0.4) is 0 Å². The topological polar surface area (TPSA) is 33.1 Å². The van der Waals surface area contributed by atoms with Gasteiger partial charge in [0.15, 0.2) is 0 Å².